The normalized spacial score (nSPS) is 21.4. The second kappa shape index (κ2) is 8.21. The number of nitrogens with one attached hydrogen (secondary N) is 1. The molecule has 3 nitrogen and oxygen atoms in total. The maximum atomic E-state index is 12.2. The van der Waals surface area contributed by atoms with Gasteiger partial charge in [0.15, 0.2) is 0 Å². The Hall–Kier alpha value is -1.31. The summed E-state index contributed by atoms with van der Waals surface area (Å²) in [6, 6.07) is 2.11. The van der Waals surface area contributed by atoms with Crippen LogP contribution >= 0.6 is 11.3 Å². The highest BCUT2D eigenvalue weighted by molar-refractivity contribution is 7.10. The summed E-state index contributed by atoms with van der Waals surface area (Å²) in [7, 11) is 0. The Kier molecular flexibility index (Phi) is 6.28. The van der Waals surface area contributed by atoms with E-state index in [1.165, 1.54) is 37.0 Å². The van der Waals surface area contributed by atoms with Gasteiger partial charge in [0.25, 0.3) is 5.91 Å². The third-order valence-corrected chi connectivity index (χ3v) is 4.88. The van der Waals surface area contributed by atoms with Crippen molar-refractivity contribution in [2.24, 2.45) is 5.92 Å². The first kappa shape index (κ1) is 16.1. The lowest BCUT2D eigenvalue weighted by atomic mass is 9.83. The zero-order valence-corrected chi connectivity index (χ0v) is 13.3. The zero-order chi connectivity index (χ0) is 15.1. The van der Waals surface area contributed by atoms with E-state index in [0.717, 1.165) is 23.6 Å². The van der Waals surface area contributed by atoms with Crippen LogP contribution in [0.3, 0.4) is 0 Å². The van der Waals surface area contributed by atoms with E-state index in [1.807, 2.05) is 5.38 Å². The van der Waals surface area contributed by atoms with Gasteiger partial charge in [-0.15, -0.1) is 11.3 Å². The molecule has 1 aromatic rings. The lowest BCUT2D eigenvalue weighted by Gasteiger charge is -2.28. The average molecular weight is 305 g/mol. The largest absolute Gasteiger partial charge is 0.384 e. The Morgan fingerprint density at radius 1 is 1.43 bits per heavy atom. The minimum atomic E-state index is -0.152. The Balaban J connectivity index is 1.83. The molecular formula is C17H23NO2S. The highest BCUT2D eigenvalue weighted by Gasteiger charge is 2.22. The van der Waals surface area contributed by atoms with Gasteiger partial charge in [0.2, 0.25) is 0 Å². The van der Waals surface area contributed by atoms with E-state index in [9.17, 15) is 4.79 Å². The fraction of sp³-hybridized carbons (Fsp3) is 0.588. The van der Waals surface area contributed by atoms with Gasteiger partial charge in [0.1, 0.15) is 6.61 Å². The van der Waals surface area contributed by atoms with Crippen molar-refractivity contribution < 1.29 is 9.90 Å². The van der Waals surface area contributed by atoms with Gasteiger partial charge in [0, 0.05) is 11.4 Å². The number of hydrogen-bond donors (Lipinski definition) is 2. The van der Waals surface area contributed by atoms with Crippen molar-refractivity contribution in [3.05, 3.63) is 21.9 Å². The van der Waals surface area contributed by atoms with Crippen LogP contribution in [-0.2, 0) is 0 Å². The molecule has 2 N–H and O–H groups in total. The van der Waals surface area contributed by atoms with Crippen molar-refractivity contribution in [3.63, 3.8) is 0 Å². The second-order valence-corrected chi connectivity index (χ2v) is 6.55. The van der Waals surface area contributed by atoms with Crippen molar-refractivity contribution in [3.8, 4) is 11.8 Å². The first-order valence-electron chi connectivity index (χ1n) is 7.72. The van der Waals surface area contributed by atoms with Crippen molar-refractivity contribution in [1.82, 2.24) is 5.32 Å². The van der Waals surface area contributed by atoms with Crippen molar-refractivity contribution in [2.45, 2.75) is 51.5 Å². The Bertz CT molecular complexity index is 518. The van der Waals surface area contributed by atoms with Gasteiger partial charge >= 0.3 is 0 Å². The summed E-state index contributed by atoms with van der Waals surface area (Å²) < 4.78 is 0. The molecule has 1 aromatic heterocycles. The van der Waals surface area contributed by atoms with E-state index in [2.05, 4.69) is 24.1 Å². The minimum Gasteiger partial charge on any atom is -0.384 e. The monoisotopic (exact) mass is 305 g/mol. The quantitative estimate of drug-likeness (QED) is 0.839. The Labute approximate surface area is 130 Å². The van der Waals surface area contributed by atoms with Gasteiger partial charge in [0.05, 0.1) is 10.4 Å². The molecule has 1 fully saturated rings. The Morgan fingerprint density at radius 2 is 2.19 bits per heavy atom. The number of aliphatic hydroxyl groups is 1. The van der Waals surface area contributed by atoms with Crippen LogP contribution in [0.2, 0.25) is 0 Å². The molecule has 2 rings (SSSR count). The van der Waals surface area contributed by atoms with Crippen LogP contribution in [0.15, 0.2) is 11.4 Å². The van der Waals surface area contributed by atoms with Gasteiger partial charge < -0.3 is 10.4 Å². The van der Waals surface area contributed by atoms with Crippen molar-refractivity contribution >= 4 is 17.2 Å². The first-order valence-corrected chi connectivity index (χ1v) is 8.60. The molecule has 0 radical (unpaired) electrons. The predicted octanol–water partition coefficient (Wildman–Crippen LogP) is 3.18. The summed E-state index contributed by atoms with van der Waals surface area (Å²) in [5.41, 5.74) is 0.679. The molecule has 1 heterocycles. The van der Waals surface area contributed by atoms with E-state index in [4.69, 9.17) is 5.11 Å². The number of carbonyl (C=O) groups is 1. The molecule has 0 spiro atoms. The maximum Gasteiger partial charge on any atom is 0.252 e. The number of hydrogen-bond acceptors (Lipinski definition) is 3. The van der Waals surface area contributed by atoms with Crippen LogP contribution in [0, 0.1) is 17.8 Å². The first-order chi connectivity index (χ1) is 10.2. The summed E-state index contributed by atoms with van der Waals surface area (Å²) >= 11 is 1.44. The van der Waals surface area contributed by atoms with Crippen LogP contribution in [0.5, 0.6) is 0 Å². The molecule has 114 valence electrons. The van der Waals surface area contributed by atoms with Gasteiger partial charge in [-0.25, -0.2) is 0 Å². The lowest BCUT2D eigenvalue weighted by Crippen LogP contribution is -2.37. The van der Waals surface area contributed by atoms with Gasteiger partial charge in [-0.3, -0.25) is 4.79 Å². The standard InChI is InChI=1S/C17H23NO2S/c1-2-4-13-6-8-15(9-7-13)18-17(20)14-11-16(21-12-14)5-3-10-19/h11-13,15,19H,2,4,6-10H2,1H3,(H,18,20). The topological polar surface area (TPSA) is 49.3 Å². The molecule has 1 saturated carbocycles. The third-order valence-electron chi connectivity index (χ3n) is 4.03. The smallest absolute Gasteiger partial charge is 0.252 e. The highest BCUT2D eigenvalue weighted by atomic mass is 32.1. The molecule has 0 unspecified atom stereocenters. The zero-order valence-electron chi connectivity index (χ0n) is 12.5. The third kappa shape index (κ3) is 4.87. The number of thiophene rings is 1. The van der Waals surface area contributed by atoms with Gasteiger partial charge in [-0.2, -0.15) is 0 Å². The fourth-order valence-electron chi connectivity index (χ4n) is 2.92. The maximum absolute atomic E-state index is 12.2. The van der Waals surface area contributed by atoms with Crippen LogP contribution in [0.1, 0.15) is 60.7 Å². The van der Waals surface area contributed by atoms with E-state index in [-0.39, 0.29) is 12.5 Å². The molecule has 0 saturated heterocycles. The fourth-order valence-corrected chi connectivity index (χ4v) is 3.68. The number of amides is 1. The summed E-state index contributed by atoms with van der Waals surface area (Å²) in [4.78, 5) is 13.0. The van der Waals surface area contributed by atoms with E-state index >= 15 is 0 Å². The van der Waals surface area contributed by atoms with E-state index < -0.39 is 0 Å². The molecule has 0 aliphatic heterocycles. The average Bonchev–Trinajstić information content (AvgIpc) is 2.96. The highest BCUT2D eigenvalue weighted by Crippen LogP contribution is 2.28. The van der Waals surface area contributed by atoms with Crippen LogP contribution in [-0.4, -0.2) is 23.7 Å². The summed E-state index contributed by atoms with van der Waals surface area (Å²) in [5.74, 6) is 6.28. The van der Waals surface area contributed by atoms with E-state index in [0.29, 0.717) is 11.6 Å². The molecular weight excluding hydrogens is 282 g/mol. The Morgan fingerprint density at radius 3 is 2.86 bits per heavy atom. The molecule has 21 heavy (non-hydrogen) atoms. The summed E-state index contributed by atoms with van der Waals surface area (Å²) in [6.45, 7) is 2.09. The van der Waals surface area contributed by atoms with Crippen LogP contribution in [0.4, 0.5) is 0 Å². The SMILES string of the molecule is CCCC1CCC(NC(=O)c2csc(C#CCO)c2)CC1. The molecule has 0 atom stereocenters. The van der Waals surface area contributed by atoms with E-state index in [1.54, 1.807) is 6.07 Å². The van der Waals surface area contributed by atoms with Crippen LogP contribution in [0.25, 0.3) is 0 Å². The van der Waals surface area contributed by atoms with Crippen LogP contribution < -0.4 is 5.32 Å². The predicted molar refractivity (Wildman–Crippen MR) is 86.4 cm³/mol. The molecule has 1 amide bonds. The number of aliphatic hydroxyl groups excluding tert-OH is 1. The molecule has 1 aliphatic rings. The van der Waals surface area contributed by atoms with Crippen molar-refractivity contribution in [2.75, 3.05) is 6.61 Å². The molecule has 0 aromatic carbocycles. The van der Waals surface area contributed by atoms with Gasteiger partial charge in [-0.05, 0) is 37.7 Å². The van der Waals surface area contributed by atoms with Gasteiger partial charge in [-0.1, -0.05) is 31.6 Å². The molecule has 4 heteroatoms. The number of rotatable bonds is 4. The number of carbonyl (C=O) groups excluding carboxylic acids is 1. The summed E-state index contributed by atoms with van der Waals surface area (Å²) in [6.07, 6.45) is 7.23. The van der Waals surface area contributed by atoms with Crippen molar-refractivity contribution in [1.29, 1.82) is 0 Å². The molecule has 0 bridgehead atoms. The minimum absolute atomic E-state index is 0.00207. The summed E-state index contributed by atoms with van der Waals surface area (Å²) in [5, 5.41) is 13.6. The lowest BCUT2D eigenvalue weighted by molar-refractivity contribution is 0.0921. The molecule has 1 aliphatic carbocycles. The second-order valence-electron chi connectivity index (χ2n) is 5.64.